The van der Waals surface area contributed by atoms with Crippen LogP contribution in [0.2, 0.25) is 0 Å². The van der Waals surface area contributed by atoms with Crippen LogP contribution in [0.5, 0.6) is 0 Å². The summed E-state index contributed by atoms with van der Waals surface area (Å²) in [7, 11) is 0. The maximum Gasteiger partial charge on any atom is 0.321 e. The van der Waals surface area contributed by atoms with Gasteiger partial charge in [0, 0.05) is 33.9 Å². The minimum atomic E-state index is 0.0153. The number of halogens is 1. The van der Waals surface area contributed by atoms with Gasteiger partial charge in [-0.25, -0.2) is 4.79 Å². The van der Waals surface area contributed by atoms with Crippen LogP contribution < -0.4 is 5.32 Å². The van der Waals surface area contributed by atoms with Gasteiger partial charge in [-0.1, -0.05) is 0 Å². The molecule has 0 radical (unpaired) electrons. The van der Waals surface area contributed by atoms with Crippen LogP contribution in [0.1, 0.15) is 0 Å². The minimum absolute atomic E-state index is 0.0153. The van der Waals surface area contributed by atoms with E-state index in [1.165, 1.54) is 3.57 Å². The molecule has 86 valence electrons. The second kappa shape index (κ2) is 5.77. The highest BCUT2D eigenvalue weighted by Gasteiger charge is 2.16. The standard InChI is InChI=1S/C11H13IN2OS/c12-9-1-3-10(4-2-9)13-11(15)14-5-7-16-8-6-14/h1-4H,5-8H2,(H,13,15). The average molecular weight is 348 g/mol. The molecule has 0 bridgehead atoms. The summed E-state index contributed by atoms with van der Waals surface area (Å²) in [4.78, 5) is 13.7. The highest BCUT2D eigenvalue weighted by molar-refractivity contribution is 14.1. The summed E-state index contributed by atoms with van der Waals surface area (Å²) in [6, 6.07) is 7.85. The lowest BCUT2D eigenvalue weighted by Gasteiger charge is -2.26. The zero-order valence-electron chi connectivity index (χ0n) is 8.78. The van der Waals surface area contributed by atoms with Crippen LogP contribution in [-0.4, -0.2) is 35.5 Å². The predicted molar refractivity (Wildman–Crippen MR) is 77.1 cm³/mol. The van der Waals surface area contributed by atoms with Crippen LogP contribution in [0.25, 0.3) is 0 Å². The molecule has 2 rings (SSSR count). The molecule has 0 aliphatic carbocycles. The number of rotatable bonds is 1. The topological polar surface area (TPSA) is 32.3 Å². The van der Waals surface area contributed by atoms with Crippen molar-refractivity contribution in [2.24, 2.45) is 0 Å². The first-order valence-corrected chi connectivity index (χ1v) is 7.38. The fraction of sp³-hybridized carbons (Fsp3) is 0.364. The zero-order valence-corrected chi connectivity index (χ0v) is 11.8. The van der Waals surface area contributed by atoms with E-state index in [2.05, 4.69) is 27.9 Å². The smallest absolute Gasteiger partial charge is 0.321 e. The lowest BCUT2D eigenvalue weighted by Crippen LogP contribution is -2.40. The van der Waals surface area contributed by atoms with Crippen molar-refractivity contribution in [2.75, 3.05) is 29.9 Å². The maximum absolute atomic E-state index is 11.9. The molecule has 0 spiro atoms. The molecule has 0 aromatic heterocycles. The maximum atomic E-state index is 11.9. The summed E-state index contributed by atoms with van der Waals surface area (Å²) in [6.45, 7) is 1.70. The number of nitrogens with one attached hydrogen (secondary N) is 1. The molecule has 1 aliphatic heterocycles. The van der Waals surface area contributed by atoms with Gasteiger partial charge in [0.15, 0.2) is 0 Å². The van der Waals surface area contributed by atoms with Gasteiger partial charge >= 0.3 is 6.03 Å². The van der Waals surface area contributed by atoms with E-state index >= 15 is 0 Å². The Morgan fingerprint density at radius 1 is 1.25 bits per heavy atom. The number of nitrogens with zero attached hydrogens (tertiary/aromatic N) is 1. The van der Waals surface area contributed by atoms with Gasteiger partial charge in [-0.2, -0.15) is 11.8 Å². The Balaban J connectivity index is 1.93. The Morgan fingerprint density at radius 2 is 1.88 bits per heavy atom. The Bertz CT molecular complexity index is 363. The lowest BCUT2D eigenvalue weighted by molar-refractivity contribution is 0.217. The summed E-state index contributed by atoms with van der Waals surface area (Å²) < 4.78 is 1.17. The van der Waals surface area contributed by atoms with E-state index in [1.54, 1.807) is 0 Å². The average Bonchev–Trinajstić information content (AvgIpc) is 2.33. The van der Waals surface area contributed by atoms with E-state index in [0.717, 1.165) is 30.3 Å². The first kappa shape index (κ1) is 12.0. The Labute approximate surface area is 113 Å². The van der Waals surface area contributed by atoms with Gasteiger partial charge in [0.1, 0.15) is 0 Å². The molecule has 1 heterocycles. The number of amides is 2. The quantitative estimate of drug-likeness (QED) is 0.792. The van der Waals surface area contributed by atoms with Crippen molar-refractivity contribution in [2.45, 2.75) is 0 Å². The molecule has 1 aromatic carbocycles. The van der Waals surface area contributed by atoms with E-state index in [4.69, 9.17) is 0 Å². The van der Waals surface area contributed by atoms with Crippen molar-refractivity contribution in [3.05, 3.63) is 27.8 Å². The summed E-state index contributed by atoms with van der Waals surface area (Å²) in [5.41, 5.74) is 0.864. The molecule has 2 amide bonds. The lowest BCUT2D eigenvalue weighted by atomic mass is 10.3. The summed E-state index contributed by atoms with van der Waals surface area (Å²) in [5.74, 6) is 2.08. The Morgan fingerprint density at radius 3 is 2.50 bits per heavy atom. The number of carbonyl (C=O) groups is 1. The van der Waals surface area contributed by atoms with Gasteiger partial charge < -0.3 is 10.2 Å². The van der Waals surface area contributed by atoms with Crippen LogP contribution in [0.4, 0.5) is 10.5 Å². The molecule has 0 atom stereocenters. The molecule has 1 fully saturated rings. The van der Waals surface area contributed by atoms with Gasteiger partial charge in [-0.15, -0.1) is 0 Å². The van der Waals surface area contributed by atoms with Crippen molar-refractivity contribution in [1.29, 1.82) is 0 Å². The number of benzene rings is 1. The summed E-state index contributed by atoms with van der Waals surface area (Å²) in [5, 5.41) is 2.91. The van der Waals surface area contributed by atoms with Crippen molar-refractivity contribution in [3.8, 4) is 0 Å². The second-order valence-electron chi connectivity index (χ2n) is 3.54. The van der Waals surface area contributed by atoms with E-state index in [-0.39, 0.29) is 6.03 Å². The van der Waals surface area contributed by atoms with Crippen molar-refractivity contribution in [3.63, 3.8) is 0 Å². The number of hydrogen-bond donors (Lipinski definition) is 1. The molecule has 1 aromatic rings. The Kier molecular flexibility index (Phi) is 4.34. The third kappa shape index (κ3) is 3.28. The van der Waals surface area contributed by atoms with Gasteiger partial charge in [0.05, 0.1) is 0 Å². The molecule has 3 nitrogen and oxygen atoms in total. The van der Waals surface area contributed by atoms with Crippen LogP contribution in [-0.2, 0) is 0 Å². The first-order valence-electron chi connectivity index (χ1n) is 5.15. The van der Waals surface area contributed by atoms with E-state index in [0.29, 0.717) is 0 Å². The minimum Gasteiger partial charge on any atom is -0.323 e. The summed E-state index contributed by atoms with van der Waals surface area (Å²) >= 11 is 4.15. The number of anilines is 1. The SMILES string of the molecule is O=C(Nc1ccc(I)cc1)N1CCSCC1. The molecule has 16 heavy (non-hydrogen) atoms. The number of carbonyl (C=O) groups excluding carboxylic acids is 1. The third-order valence-corrected chi connectivity index (χ3v) is 4.06. The molecule has 0 unspecified atom stereocenters. The molecule has 1 N–H and O–H groups in total. The fourth-order valence-corrected chi connectivity index (χ4v) is 2.76. The van der Waals surface area contributed by atoms with E-state index < -0.39 is 0 Å². The third-order valence-electron chi connectivity index (χ3n) is 2.39. The molecular weight excluding hydrogens is 335 g/mol. The van der Waals surface area contributed by atoms with Gasteiger partial charge in [-0.05, 0) is 46.9 Å². The predicted octanol–water partition coefficient (Wildman–Crippen LogP) is 2.87. The first-order chi connectivity index (χ1) is 7.75. The molecule has 5 heteroatoms. The zero-order chi connectivity index (χ0) is 11.4. The van der Waals surface area contributed by atoms with E-state index in [9.17, 15) is 4.79 Å². The Hall–Kier alpha value is -0.430. The highest BCUT2D eigenvalue weighted by Crippen LogP contribution is 2.14. The highest BCUT2D eigenvalue weighted by atomic mass is 127. The normalized spacial score (nSPS) is 15.9. The molecular formula is C11H13IN2OS. The second-order valence-corrected chi connectivity index (χ2v) is 6.01. The molecule has 0 saturated carbocycles. The van der Waals surface area contributed by atoms with Crippen molar-refractivity contribution >= 4 is 46.1 Å². The van der Waals surface area contributed by atoms with Gasteiger partial charge in [0.2, 0.25) is 0 Å². The van der Waals surface area contributed by atoms with E-state index in [1.807, 2.05) is 40.9 Å². The molecule has 1 saturated heterocycles. The summed E-state index contributed by atoms with van der Waals surface area (Å²) in [6.07, 6.45) is 0. The monoisotopic (exact) mass is 348 g/mol. The fourth-order valence-electron chi connectivity index (χ4n) is 1.50. The van der Waals surface area contributed by atoms with Crippen molar-refractivity contribution in [1.82, 2.24) is 4.90 Å². The van der Waals surface area contributed by atoms with Gasteiger partial charge in [0.25, 0.3) is 0 Å². The van der Waals surface area contributed by atoms with Crippen molar-refractivity contribution < 1.29 is 4.79 Å². The number of thioether (sulfide) groups is 1. The number of hydrogen-bond acceptors (Lipinski definition) is 2. The largest absolute Gasteiger partial charge is 0.323 e. The van der Waals surface area contributed by atoms with Crippen LogP contribution in [0.3, 0.4) is 0 Å². The van der Waals surface area contributed by atoms with Crippen LogP contribution >= 0.6 is 34.4 Å². The van der Waals surface area contributed by atoms with Crippen LogP contribution in [0, 0.1) is 3.57 Å². The molecule has 1 aliphatic rings. The number of urea groups is 1. The van der Waals surface area contributed by atoms with Gasteiger partial charge in [-0.3, -0.25) is 0 Å². The van der Waals surface area contributed by atoms with Crippen LogP contribution in [0.15, 0.2) is 24.3 Å².